The number of anilines is 1. The van der Waals surface area contributed by atoms with Crippen LogP contribution in [0.3, 0.4) is 0 Å². The minimum Gasteiger partial charge on any atom is -0.427 e. The number of carbonyl (C=O) groups excluding carboxylic acids is 3. The fourth-order valence-corrected chi connectivity index (χ4v) is 2.98. The maximum Gasteiger partial charge on any atom is 0.308 e. The summed E-state index contributed by atoms with van der Waals surface area (Å²) in [5.41, 5.74) is 2.39. The van der Waals surface area contributed by atoms with E-state index in [4.69, 9.17) is 4.74 Å². The highest BCUT2D eigenvalue weighted by Crippen LogP contribution is 2.16. The molecule has 0 heterocycles. The summed E-state index contributed by atoms with van der Waals surface area (Å²) in [6.07, 6.45) is 0. The van der Waals surface area contributed by atoms with Crippen molar-refractivity contribution in [2.75, 3.05) is 5.32 Å². The van der Waals surface area contributed by atoms with E-state index < -0.39 is 5.97 Å². The van der Waals surface area contributed by atoms with Crippen LogP contribution in [0, 0.1) is 0 Å². The Kier molecular flexibility index (Phi) is 6.98. The highest BCUT2D eigenvalue weighted by molar-refractivity contribution is 9.10. The smallest absolute Gasteiger partial charge is 0.308 e. The molecule has 3 aromatic rings. The molecule has 0 bridgehead atoms. The van der Waals surface area contributed by atoms with E-state index in [1.54, 1.807) is 60.7 Å². The van der Waals surface area contributed by atoms with E-state index >= 15 is 0 Å². The molecule has 0 saturated carbocycles. The van der Waals surface area contributed by atoms with E-state index in [1.165, 1.54) is 13.0 Å². The summed E-state index contributed by atoms with van der Waals surface area (Å²) < 4.78 is 5.90. The van der Waals surface area contributed by atoms with Crippen molar-refractivity contribution in [3.63, 3.8) is 0 Å². The maximum atomic E-state index is 12.4. The summed E-state index contributed by atoms with van der Waals surface area (Å²) in [5.74, 6) is -0.651. The zero-order chi connectivity index (χ0) is 21.5. The SMILES string of the molecule is CC(=O)Oc1cccc(C(=O)NCc2cccc(NC(=O)c3ccc(Br)cc3)c2)c1. The number of ether oxygens (including phenoxy) is 1. The Morgan fingerprint density at radius 1 is 0.867 bits per heavy atom. The molecule has 3 rings (SSSR count). The molecule has 2 amide bonds. The number of carbonyl (C=O) groups is 3. The molecule has 7 heteroatoms. The third-order valence-corrected chi connectivity index (χ3v) is 4.63. The number of benzene rings is 3. The van der Waals surface area contributed by atoms with Gasteiger partial charge in [-0.25, -0.2) is 0 Å². The Bertz CT molecular complexity index is 1080. The van der Waals surface area contributed by atoms with Crippen LogP contribution in [0.25, 0.3) is 0 Å². The van der Waals surface area contributed by atoms with Gasteiger partial charge in [0.05, 0.1) is 0 Å². The summed E-state index contributed by atoms with van der Waals surface area (Å²) in [7, 11) is 0. The van der Waals surface area contributed by atoms with Crippen molar-refractivity contribution >= 4 is 39.4 Å². The predicted octanol–water partition coefficient (Wildman–Crippen LogP) is 4.56. The Labute approximate surface area is 182 Å². The van der Waals surface area contributed by atoms with Gasteiger partial charge < -0.3 is 15.4 Å². The normalized spacial score (nSPS) is 10.2. The van der Waals surface area contributed by atoms with Gasteiger partial charge in [0, 0.05) is 34.8 Å². The van der Waals surface area contributed by atoms with Gasteiger partial charge >= 0.3 is 5.97 Å². The summed E-state index contributed by atoms with van der Waals surface area (Å²) in [4.78, 5) is 35.8. The lowest BCUT2D eigenvalue weighted by molar-refractivity contribution is -0.131. The lowest BCUT2D eigenvalue weighted by atomic mass is 10.1. The Morgan fingerprint density at radius 2 is 1.60 bits per heavy atom. The number of nitrogens with one attached hydrogen (secondary N) is 2. The van der Waals surface area contributed by atoms with E-state index in [2.05, 4.69) is 26.6 Å². The zero-order valence-electron chi connectivity index (χ0n) is 16.1. The summed E-state index contributed by atoms with van der Waals surface area (Å²) >= 11 is 3.34. The van der Waals surface area contributed by atoms with Gasteiger partial charge in [0.25, 0.3) is 11.8 Å². The molecule has 0 saturated heterocycles. The van der Waals surface area contributed by atoms with E-state index in [0.717, 1.165) is 10.0 Å². The van der Waals surface area contributed by atoms with Crippen molar-refractivity contribution in [1.29, 1.82) is 0 Å². The van der Waals surface area contributed by atoms with Gasteiger partial charge in [-0.05, 0) is 60.2 Å². The van der Waals surface area contributed by atoms with Crippen molar-refractivity contribution < 1.29 is 19.1 Å². The van der Waals surface area contributed by atoms with Gasteiger partial charge in [-0.3, -0.25) is 14.4 Å². The van der Waals surface area contributed by atoms with Crippen LogP contribution in [0.2, 0.25) is 0 Å². The van der Waals surface area contributed by atoms with Crippen LogP contribution in [0.4, 0.5) is 5.69 Å². The molecule has 0 atom stereocenters. The van der Waals surface area contributed by atoms with Gasteiger partial charge in [-0.15, -0.1) is 0 Å². The first-order valence-electron chi connectivity index (χ1n) is 9.13. The fraction of sp³-hybridized carbons (Fsp3) is 0.0870. The molecule has 0 unspecified atom stereocenters. The molecule has 152 valence electrons. The van der Waals surface area contributed by atoms with Crippen LogP contribution in [-0.4, -0.2) is 17.8 Å². The largest absolute Gasteiger partial charge is 0.427 e. The molecule has 0 aliphatic rings. The molecule has 3 aromatic carbocycles. The quantitative estimate of drug-likeness (QED) is 0.412. The summed E-state index contributed by atoms with van der Waals surface area (Å²) in [6, 6.07) is 20.7. The topological polar surface area (TPSA) is 84.5 Å². The van der Waals surface area contributed by atoms with Crippen molar-refractivity contribution in [2.45, 2.75) is 13.5 Å². The van der Waals surface area contributed by atoms with Gasteiger partial charge in [0.2, 0.25) is 0 Å². The van der Waals surface area contributed by atoms with Crippen molar-refractivity contribution in [1.82, 2.24) is 5.32 Å². The number of hydrogen-bond acceptors (Lipinski definition) is 4. The molecule has 6 nitrogen and oxygen atoms in total. The second kappa shape index (κ2) is 9.84. The maximum absolute atomic E-state index is 12.4. The van der Waals surface area contributed by atoms with Gasteiger partial charge in [-0.1, -0.05) is 34.1 Å². The molecule has 0 radical (unpaired) electrons. The van der Waals surface area contributed by atoms with Crippen molar-refractivity contribution in [3.8, 4) is 5.75 Å². The first kappa shape index (κ1) is 21.3. The summed E-state index contributed by atoms with van der Waals surface area (Å²) in [6.45, 7) is 1.58. The van der Waals surface area contributed by atoms with Crippen LogP contribution < -0.4 is 15.4 Å². The third kappa shape index (κ3) is 6.02. The molecule has 0 fully saturated rings. The van der Waals surface area contributed by atoms with Gasteiger partial charge in [0.1, 0.15) is 5.75 Å². The number of esters is 1. The Hall–Kier alpha value is -3.45. The highest BCUT2D eigenvalue weighted by atomic mass is 79.9. The van der Waals surface area contributed by atoms with Crippen LogP contribution in [0.1, 0.15) is 33.2 Å². The second-order valence-corrected chi connectivity index (χ2v) is 7.38. The number of halogens is 1. The lowest BCUT2D eigenvalue weighted by Gasteiger charge is -2.10. The van der Waals surface area contributed by atoms with Crippen LogP contribution in [0.5, 0.6) is 5.75 Å². The first-order valence-corrected chi connectivity index (χ1v) is 9.92. The highest BCUT2D eigenvalue weighted by Gasteiger charge is 2.09. The van der Waals surface area contributed by atoms with Crippen LogP contribution >= 0.6 is 15.9 Å². The number of rotatable bonds is 6. The molecule has 0 aromatic heterocycles. The van der Waals surface area contributed by atoms with E-state index in [1.807, 2.05) is 6.07 Å². The van der Waals surface area contributed by atoms with E-state index in [-0.39, 0.29) is 18.4 Å². The molecule has 0 spiro atoms. The van der Waals surface area contributed by atoms with E-state index in [9.17, 15) is 14.4 Å². The second-order valence-electron chi connectivity index (χ2n) is 6.47. The van der Waals surface area contributed by atoms with Crippen molar-refractivity contribution in [3.05, 3.63) is 94.0 Å². The van der Waals surface area contributed by atoms with Crippen LogP contribution in [0.15, 0.2) is 77.3 Å². The standard InChI is InChI=1S/C23H19BrN2O4/c1-15(27)30-21-7-3-5-18(13-21)22(28)25-14-16-4-2-6-20(12-16)26-23(29)17-8-10-19(24)11-9-17/h2-13H,14H2,1H3,(H,25,28)(H,26,29). The Morgan fingerprint density at radius 3 is 2.33 bits per heavy atom. The molecule has 0 aliphatic carbocycles. The molecule has 0 aliphatic heterocycles. The predicted molar refractivity (Wildman–Crippen MR) is 117 cm³/mol. The minimum absolute atomic E-state index is 0.217. The summed E-state index contributed by atoms with van der Waals surface area (Å²) in [5, 5.41) is 5.66. The van der Waals surface area contributed by atoms with Crippen LogP contribution in [-0.2, 0) is 11.3 Å². The average Bonchev–Trinajstić information content (AvgIpc) is 2.72. The average molecular weight is 467 g/mol. The van der Waals surface area contributed by atoms with Gasteiger partial charge in [0.15, 0.2) is 0 Å². The Balaban J connectivity index is 1.61. The molecular formula is C23H19BrN2O4. The molecule has 30 heavy (non-hydrogen) atoms. The first-order chi connectivity index (χ1) is 14.4. The minimum atomic E-state index is -0.449. The fourth-order valence-electron chi connectivity index (χ4n) is 2.71. The van der Waals surface area contributed by atoms with Gasteiger partial charge in [-0.2, -0.15) is 0 Å². The number of amides is 2. The number of hydrogen-bond donors (Lipinski definition) is 2. The molecular weight excluding hydrogens is 448 g/mol. The molecule has 2 N–H and O–H groups in total. The van der Waals surface area contributed by atoms with E-state index in [0.29, 0.717) is 22.6 Å². The lowest BCUT2D eigenvalue weighted by Crippen LogP contribution is -2.23. The zero-order valence-corrected chi connectivity index (χ0v) is 17.7. The third-order valence-electron chi connectivity index (χ3n) is 4.10. The van der Waals surface area contributed by atoms with Crippen molar-refractivity contribution in [2.24, 2.45) is 0 Å². The monoisotopic (exact) mass is 466 g/mol.